The molecule has 2 aliphatic carbocycles. The van der Waals surface area contributed by atoms with Crippen LogP contribution in [-0.4, -0.2) is 29.7 Å². The predicted octanol–water partition coefficient (Wildman–Crippen LogP) is 1.58. The van der Waals surface area contributed by atoms with Crippen LogP contribution in [0.25, 0.3) is 0 Å². The smallest absolute Gasteiger partial charge is 0.326 e. The Hall–Kier alpha value is -1.26. The summed E-state index contributed by atoms with van der Waals surface area (Å²) in [5.74, 6) is -0.312. The number of carbonyl (C=O) groups is 2. The molecule has 2 rings (SSSR count). The van der Waals surface area contributed by atoms with E-state index in [2.05, 4.69) is 10.6 Å². The topological polar surface area (TPSA) is 78.4 Å². The minimum Gasteiger partial charge on any atom is -0.480 e. The molecule has 2 fully saturated rings. The van der Waals surface area contributed by atoms with Gasteiger partial charge in [-0.05, 0) is 42.9 Å². The second kappa shape index (κ2) is 4.78. The van der Waals surface area contributed by atoms with Gasteiger partial charge in [-0.1, -0.05) is 13.8 Å². The summed E-state index contributed by atoms with van der Waals surface area (Å²) in [4.78, 5) is 22.7. The maximum atomic E-state index is 11.7. The molecule has 5 heteroatoms. The van der Waals surface area contributed by atoms with Crippen LogP contribution in [0.3, 0.4) is 0 Å². The van der Waals surface area contributed by atoms with Crippen molar-refractivity contribution in [1.29, 1.82) is 0 Å². The molecule has 0 aromatic rings. The van der Waals surface area contributed by atoms with Gasteiger partial charge in [0.2, 0.25) is 0 Å². The quantitative estimate of drug-likeness (QED) is 0.673. The summed E-state index contributed by atoms with van der Waals surface area (Å²) in [6.45, 7) is 4.26. The first-order valence-corrected chi connectivity index (χ1v) is 6.72. The molecule has 0 aromatic heterocycles. The van der Waals surface area contributed by atoms with Gasteiger partial charge in [-0.25, -0.2) is 9.59 Å². The van der Waals surface area contributed by atoms with E-state index >= 15 is 0 Å². The molecule has 1 unspecified atom stereocenters. The summed E-state index contributed by atoms with van der Waals surface area (Å²) in [5.41, 5.74) is 0.341. The molecule has 0 saturated heterocycles. The zero-order valence-corrected chi connectivity index (χ0v) is 11.0. The lowest BCUT2D eigenvalue weighted by Crippen LogP contribution is -2.49. The average Bonchev–Trinajstić information content (AvgIpc) is 3.14. The summed E-state index contributed by atoms with van der Waals surface area (Å²) in [6.07, 6.45) is 4.97. The summed E-state index contributed by atoms with van der Waals surface area (Å²) >= 11 is 0. The number of nitrogens with one attached hydrogen (secondary N) is 2. The van der Waals surface area contributed by atoms with E-state index in [9.17, 15) is 9.59 Å². The second-order valence-electron chi connectivity index (χ2n) is 6.02. The zero-order valence-electron chi connectivity index (χ0n) is 11.0. The number of carboxylic acids is 1. The third-order valence-electron chi connectivity index (χ3n) is 4.16. The van der Waals surface area contributed by atoms with Gasteiger partial charge in [0, 0.05) is 6.54 Å². The molecule has 0 aliphatic heterocycles. The van der Waals surface area contributed by atoms with Crippen LogP contribution in [0.15, 0.2) is 0 Å². The lowest BCUT2D eigenvalue weighted by atomic mass is 10.0. The van der Waals surface area contributed by atoms with E-state index < -0.39 is 12.0 Å². The van der Waals surface area contributed by atoms with Crippen molar-refractivity contribution in [1.82, 2.24) is 10.6 Å². The first-order chi connectivity index (χ1) is 8.44. The fourth-order valence-corrected chi connectivity index (χ4v) is 2.55. The number of aliphatic carboxylic acids is 1. The lowest BCUT2D eigenvalue weighted by molar-refractivity contribution is -0.140. The number of carbonyl (C=O) groups excluding carboxylic acids is 1. The van der Waals surface area contributed by atoms with Crippen LogP contribution in [0, 0.1) is 17.3 Å². The van der Waals surface area contributed by atoms with Gasteiger partial charge in [-0.3, -0.25) is 0 Å². The van der Waals surface area contributed by atoms with E-state index in [4.69, 9.17) is 5.11 Å². The maximum Gasteiger partial charge on any atom is 0.326 e. The molecular formula is C13H22N2O3. The van der Waals surface area contributed by atoms with E-state index in [0.29, 0.717) is 12.0 Å². The minimum absolute atomic E-state index is 0.119. The Kier molecular flexibility index (Phi) is 3.50. The lowest BCUT2D eigenvalue weighted by Gasteiger charge is -2.20. The molecule has 3 N–H and O–H groups in total. The van der Waals surface area contributed by atoms with Crippen molar-refractivity contribution >= 4 is 12.0 Å². The van der Waals surface area contributed by atoms with Crippen molar-refractivity contribution in [2.75, 3.05) is 6.54 Å². The van der Waals surface area contributed by atoms with Crippen molar-refractivity contribution < 1.29 is 14.7 Å². The van der Waals surface area contributed by atoms with Crippen molar-refractivity contribution in [3.8, 4) is 0 Å². The van der Waals surface area contributed by atoms with Crippen LogP contribution in [0.4, 0.5) is 4.79 Å². The first-order valence-electron chi connectivity index (χ1n) is 6.72. The van der Waals surface area contributed by atoms with Crippen LogP contribution in [0.2, 0.25) is 0 Å². The minimum atomic E-state index is -0.983. The SMILES string of the molecule is CC(C)C(NC(=O)NCC1(C2CC2)CC1)C(=O)O. The highest BCUT2D eigenvalue weighted by molar-refractivity contribution is 5.82. The molecule has 18 heavy (non-hydrogen) atoms. The normalized spacial score (nSPS) is 22.4. The van der Waals surface area contributed by atoms with Gasteiger partial charge in [-0.2, -0.15) is 0 Å². The number of amides is 2. The standard InChI is InChI=1S/C13H22N2O3/c1-8(2)10(11(16)17)15-12(18)14-7-13(5-6-13)9-3-4-9/h8-10H,3-7H2,1-2H3,(H,16,17)(H2,14,15,18). The summed E-state index contributed by atoms with van der Waals surface area (Å²) in [7, 11) is 0. The largest absolute Gasteiger partial charge is 0.480 e. The highest BCUT2D eigenvalue weighted by Crippen LogP contribution is 2.60. The van der Waals surface area contributed by atoms with Gasteiger partial charge in [-0.15, -0.1) is 0 Å². The van der Waals surface area contributed by atoms with Gasteiger partial charge in [0.05, 0.1) is 0 Å². The molecule has 1 atom stereocenters. The second-order valence-corrected chi connectivity index (χ2v) is 6.02. The Morgan fingerprint density at radius 2 is 1.94 bits per heavy atom. The fourth-order valence-electron chi connectivity index (χ4n) is 2.55. The van der Waals surface area contributed by atoms with E-state index in [1.165, 1.54) is 25.7 Å². The molecule has 2 aliphatic rings. The van der Waals surface area contributed by atoms with E-state index in [-0.39, 0.29) is 11.9 Å². The van der Waals surface area contributed by atoms with Crippen molar-refractivity contribution in [2.45, 2.75) is 45.6 Å². The van der Waals surface area contributed by atoms with E-state index in [0.717, 1.165) is 5.92 Å². The summed E-state index contributed by atoms with van der Waals surface area (Å²) in [5, 5.41) is 14.3. The molecule has 2 amide bonds. The Bertz CT molecular complexity index is 346. The van der Waals surface area contributed by atoms with Gasteiger partial charge < -0.3 is 15.7 Å². The molecular weight excluding hydrogens is 232 g/mol. The van der Waals surface area contributed by atoms with Gasteiger partial charge >= 0.3 is 12.0 Å². The van der Waals surface area contributed by atoms with Crippen LogP contribution >= 0.6 is 0 Å². The summed E-state index contributed by atoms with van der Waals surface area (Å²) < 4.78 is 0. The molecule has 0 bridgehead atoms. The number of hydrogen-bond donors (Lipinski definition) is 3. The van der Waals surface area contributed by atoms with Crippen LogP contribution < -0.4 is 10.6 Å². The average molecular weight is 254 g/mol. The van der Waals surface area contributed by atoms with Crippen LogP contribution in [0.1, 0.15) is 39.5 Å². The van der Waals surface area contributed by atoms with Gasteiger partial charge in [0.15, 0.2) is 0 Å². The highest BCUT2D eigenvalue weighted by Gasteiger charge is 2.53. The molecule has 0 aromatic carbocycles. The maximum absolute atomic E-state index is 11.7. The van der Waals surface area contributed by atoms with Crippen molar-refractivity contribution in [2.24, 2.45) is 17.3 Å². The Labute approximate surface area is 107 Å². The number of rotatable bonds is 6. The fraction of sp³-hybridized carbons (Fsp3) is 0.846. The number of urea groups is 1. The van der Waals surface area contributed by atoms with Crippen LogP contribution in [0.5, 0.6) is 0 Å². The van der Waals surface area contributed by atoms with Crippen molar-refractivity contribution in [3.05, 3.63) is 0 Å². The van der Waals surface area contributed by atoms with E-state index in [1.54, 1.807) is 13.8 Å². The Morgan fingerprint density at radius 1 is 1.33 bits per heavy atom. The van der Waals surface area contributed by atoms with Gasteiger partial charge in [0.1, 0.15) is 6.04 Å². The Balaban J connectivity index is 1.76. The molecule has 2 saturated carbocycles. The van der Waals surface area contributed by atoms with Crippen LogP contribution in [-0.2, 0) is 4.79 Å². The molecule has 5 nitrogen and oxygen atoms in total. The van der Waals surface area contributed by atoms with Gasteiger partial charge in [0.25, 0.3) is 0 Å². The monoisotopic (exact) mass is 254 g/mol. The third kappa shape index (κ3) is 2.94. The van der Waals surface area contributed by atoms with Crippen molar-refractivity contribution in [3.63, 3.8) is 0 Å². The first kappa shape index (κ1) is 13.2. The highest BCUT2D eigenvalue weighted by atomic mass is 16.4. The molecule has 0 heterocycles. The third-order valence-corrected chi connectivity index (χ3v) is 4.16. The van der Waals surface area contributed by atoms with E-state index in [1.807, 2.05) is 0 Å². The zero-order chi connectivity index (χ0) is 13.3. The number of carboxylic acid groups (broad SMARTS) is 1. The predicted molar refractivity (Wildman–Crippen MR) is 67.2 cm³/mol. The number of hydrogen-bond acceptors (Lipinski definition) is 2. The molecule has 0 radical (unpaired) electrons. The molecule has 102 valence electrons. The molecule has 0 spiro atoms. The Morgan fingerprint density at radius 3 is 2.33 bits per heavy atom. The summed E-state index contributed by atoms with van der Waals surface area (Å²) in [6, 6.07) is -1.18.